The molecule has 0 aliphatic rings. The monoisotopic (exact) mass is 213 g/mol. The molecule has 7 heteroatoms. The van der Waals surface area contributed by atoms with Crippen molar-refractivity contribution in [2.75, 3.05) is 0 Å². The summed E-state index contributed by atoms with van der Waals surface area (Å²) in [6, 6.07) is 0. The topological polar surface area (TPSA) is 86.3 Å². The summed E-state index contributed by atoms with van der Waals surface area (Å²) in [5.74, 6) is -1.13. The molecule has 0 aliphatic heterocycles. The van der Waals surface area contributed by atoms with Gasteiger partial charge in [-0.2, -0.15) is 0 Å². The van der Waals surface area contributed by atoms with Crippen LogP contribution < -0.4 is 24.2 Å². The Labute approximate surface area is 95.9 Å². The molecule has 0 fully saturated rings. The first-order chi connectivity index (χ1) is 5.79. The van der Waals surface area contributed by atoms with Crippen molar-refractivity contribution in [3.63, 3.8) is 0 Å². The predicted molar refractivity (Wildman–Crippen MR) is 46.7 cm³/mol. The number of carbonyl (C=O) groups excluding carboxylic acids is 1. The predicted octanol–water partition coefficient (Wildman–Crippen LogP) is -3.18. The molecular formula is C7H12LiNO4S. The van der Waals surface area contributed by atoms with Gasteiger partial charge in [0.2, 0.25) is 5.91 Å². The van der Waals surface area contributed by atoms with Gasteiger partial charge in [0.1, 0.15) is 15.5 Å². The first kappa shape index (κ1) is 16.2. The van der Waals surface area contributed by atoms with Gasteiger partial charge in [-0.15, -0.1) is 0 Å². The van der Waals surface area contributed by atoms with Gasteiger partial charge in [-0.05, 0) is 12.0 Å². The first-order valence-electron chi connectivity index (χ1n) is 3.66. The zero-order chi connectivity index (χ0) is 10.6. The molecule has 0 heterocycles. The van der Waals surface area contributed by atoms with Gasteiger partial charge in [0.15, 0.2) is 0 Å². The summed E-state index contributed by atoms with van der Waals surface area (Å²) in [6.45, 7) is 6.21. The number of rotatable bonds is 4. The third-order valence-corrected chi connectivity index (χ3v) is 2.67. The summed E-state index contributed by atoms with van der Waals surface area (Å²) in [7, 11) is -4.50. The number of amides is 1. The Hall–Kier alpha value is -0.283. The Balaban J connectivity index is 0. The van der Waals surface area contributed by atoms with Crippen molar-refractivity contribution >= 4 is 16.0 Å². The van der Waals surface area contributed by atoms with Gasteiger partial charge in [-0.25, -0.2) is 8.42 Å². The molecule has 5 nitrogen and oxygen atoms in total. The van der Waals surface area contributed by atoms with Gasteiger partial charge in [-0.3, -0.25) is 4.79 Å². The standard InChI is InChI=1S/C7H13NO4S.Li/c1-4-6(9)8-7(5(2)3)13(10,11)12;/h4-5,7H,1H2,2-3H3,(H,8,9)(H,10,11,12);/q;+1/p-1. The Morgan fingerprint density at radius 1 is 1.50 bits per heavy atom. The van der Waals surface area contributed by atoms with Crippen molar-refractivity contribution in [3.05, 3.63) is 12.7 Å². The van der Waals surface area contributed by atoms with Crippen molar-refractivity contribution in [1.82, 2.24) is 5.32 Å². The second-order valence-corrected chi connectivity index (χ2v) is 4.36. The van der Waals surface area contributed by atoms with Crippen LogP contribution in [0.3, 0.4) is 0 Å². The van der Waals surface area contributed by atoms with Gasteiger partial charge in [0.25, 0.3) is 0 Å². The molecule has 14 heavy (non-hydrogen) atoms. The van der Waals surface area contributed by atoms with Crippen molar-refractivity contribution in [3.8, 4) is 0 Å². The third kappa shape index (κ3) is 5.45. The van der Waals surface area contributed by atoms with Crippen LogP contribution in [0.5, 0.6) is 0 Å². The second kappa shape index (κ2) is 6.25. The van der Waals surface area contributed by atoms with Gasteiger partial charge in [0, 0.05) is 0 Å². The quantitative estimate of drug-likeness (QED) is 0.303. The number of carbonyl (C=O) groups is 1. The largest absolute Gasteiger partial charge is 1.00 e. The maximum atomic E-state index is 10.7. The summed E-state index contributed by atoms with van der Waals surface area (Å²) in [5.41, 5.74) is 0. The van der Waals surface area contributed by atoms with E-state index >= 15 is 0 Å². The SMILES string of the molecule is C=CC(=O)NC(C(C)C)S(=O)(=O)[O-].[Li+]. The van der Waals surface area contributed by atoms with Crippen LogP contribution >= 0.6 is 0 Å². The second-order valence-electron chi connectivity index (χ2n) is 2.87. The third-order valence-electron chi connectivity index (χ3n) is 1.39. The van der Waals surface area contributed by atoms with Gasteiger partial charge in [-0.1, -0.05) is 20.4 Å². The minimum absolute atomic E-state index is 0. The molecule has 0 aromatic heterocycles. The average Bonchev–Trinajstić information content (AvgIpc) is 1.96. The van der Waals surface area contributed by atoms with Crippen molar-refractivity contribution in [2.24, 2.45) is 5.92 Å². The molecular weight excluding hydrogens is 201 g/mol. The van der Waals surface area contributed by atoms with Crippen molar-refractivity contribution < 1.29 is 36.6 Å². The van der Waals surface area contributed by atoms with E-state index in [1.165, 1.54) is 13.8 Å². The summed E-state index contributed by atoms with van der Waals surface area (Å²) in [5, 5.41) is 0.658. The summed E-state index contributed by atoms with van der Waals surface area (Å²) >= 11 is 0. The fraction of sp³-hybridized carbons (Fsp3) is 0.571. The Kier molecular flexibility index (Phi) is 7.21. The van der Waals surface area contributed by atoms with E-state index in [2.05, 4.69) is 6.58 Å². The minimum Gasteiger partial charge on any atom is -0.746 e. The molecule has 1 unspecified atom stereocenters. The fourth-order valence-electron chi connectivity index (χ4n) is 0.771. The van der Waals surface area contributed by atoms with E-state index in [1.807, 2.05) is 5.32 Å². The van der Waals surface area contributed by atoms with Crippen LogP contribution in [-0.4, -0.2) is 24.3 Å². The van der Waals surface area contributed by atoms with Crippen LogP contribution in [0.15, 0.2) is 12.7 Å². The molecule has 1 N–H and O–H groups in total. The number of nitrogens with one attached hydrogen (secondary N) is 1. The van der Waals surface area contributed by atoms with E-state index in [9.17, 15) is 17.8 Å². The van der Waals surface area contributed by atoms with Gasteiger partial charge in [0.05, 0.1) is 0 Å². The zero-order valence-electron chi connectivity index (χ0n) is 8.48. The molecule has 1 amide bonds. The van der Waals surface area contributed by atoms with Gasteiger partial charge >= 0.3 is 18.9 Å². The molecule has 0 spiro atoms. The Morgan fingerprint density at radius 2 is 1.93 bits per heavy atom. The maximum absolute atomic E-state index is 10.7. The molecule has 0 aromatic carbocycles. The van der Waals surface area contributed by atoms with E-state index in [-0.39, 0.29) is 18.9 Å². The van der Waals surface area contributed by atoms with Gasteiger partial charge < -0.3 is 9.87 Å². The number of hydrogen-bond donors (Lipinski definition) is 1. The molecule has 0 rings (SSSR count). The zero-order valence-corrected chi connectivity index (χ0v) is 9.30. The van der Waals surface area contributed by atoms with Crippen LogP contribution in [0.25, 0.3) is 0 Å². The van der Waals surface area contributed by atoms with Crippen LogP contribution in [0.4, 0.5) is 0 Å². The maximum Gasteiger partial charge on any atom is 1.00 e. The van der Waals surface area contributed by atoms with E-state index in [4.69, 9.17) is 0 Å². The van der Waals surface area contributed by atoms with E-state index in [1.54, 1.807) is 0 Å². The minimum atomic E-state index is -4.50. The van der Waals surface area contributed by atoms with E-state index in [0.717, 1.165) is 6.08 Å². The summed E-state index contributed by atoms with van der Waals surface area (Å²) < 4.78 is 31.9. The molecule has 0 saturated carbocycles. The molecule has 76 valence electrons. The van der Waals surface area contributed by atoms with E-state index in [0.29, 0.717) is 0 Å². The fourth-order valence-corrected chi connectivity index (χ4v) is 1.70. The van der Waals surface area contributed by atoms with Crippen molar-refractivity contribution in [1.29, 1.82) is 0 Å². The van der Waals surface area contributed by atoms with Crippen LogP contribution in [0.2, 0.25) is 0 Å². The first-order valence-corrected chi connectivity index (χ1v) is 5.13. The van der Waals surface area contributed by atoms with Crippen LogP contribution in [-0.2, 0) is 14.9 Å². The van der Waals surface area contributed by atoms with Crippen LogP contribution in [0.1, 0.15) is 13.8 Å². The molecule has 0 aromatic rings. The smallest absolute Gasteiger partial charge is 0.746 e. The molecule has 0 radical (unpaired) electrons. The molecule has 0 bridgehead atoms. The summed E-state index contributed by atoms with van der Waals surface area (Å²) in [4.78, 5) is 10.7. The Morgan fingerprint density at radius 3 is 2.14 bits per heavy atom. The number of hydrogen-bond acceptors (Lipinski definition) is 4. The summed E-state index contributed by atoms with van der Waals surface area (Å²) in [6.07, 6.45) is 0.917. The molecule has 0 saturated heterocycles. The normalized spacial score (nSPS) is 12.9. The van der Waals surface area contributed by atoms with E-state index < -0.39 is 27.3 Å². The van der Waals surface area contributed by atoms with Crippen molar-refractivity contribution in [2.45, 2.75) is 19.2 Å². The average molecular weight is 213 g/mol. The molecule has 1 atom stereocenters. The Bertz CT molecular complexity index is 299. The molecule has 0 aliphatic carbocycles. The van der Waals surface area contributed by atoms with Crippen LogP contribution in [0, 0.1) is 5.92 Å².